The predicted octanol–water partition coefficient (Wildman–Crippen LogP) is -2.32. The normalized spacial score (nSPS) is 30.9. The predicted molar refractivity (Wildman–Crippen MR) is 115 cm³/mol. The van der Waals surface area contributed by atoms with Gasteiger partial charge in [-0.15, -0.1) is 0 Å². The van der Waals surface area contributed by atoms with Gasteiger partial charge in [-0.3, -0.25) is 20.5 Å². The average Bonchev–Trinajstić information content (AvgIpc) is 3.22. The number of anilines is 2. The Morgan fingerprint density at radius 1 is 1.13 bits per heavy atom. The first-order valence-corrected chi connectivity index (χ1v) is 10.3. The van der Waals surface area contributed by atoms with Gasteiger partial charge in [0.1, 0.15) is 12.4 Å². The molecule has 0 spiro atoms. The van der Waals surface area contributed by atoms with Crippen LogP contribution in [0.1, 0.15) is 20.8 Å². The van der Waals surface area contributed by atoms with Crippen molar-refractivity contribution in [3.05, 3.63) is 6.33 Å². The van der Waals surface area contributed by atoms with Gasteiger partial charge in [0.25, 0.3) is 5.85 Å². The maximum atomic E-state index is 12.0. The summed E-state index contributed by atoms with van der Waals surface area (Å²) in [6.45, 7) is 5.75. The van der Waals surface area contributed by atoms with E-state index in [2.05, 4.69) is 30.9 Å². The molecular weight excluding hydrogens is 406 g/mol. The van der Waals surface area contributed by atoms with Gasteiger partial charge >= 0.3 is 0 Å². The molecule has 1 aliphatic rings. The molecule has 13 heteroatoms. The second-order valence-corrected chi connectivity index (χ2v) is 7.59. The molecule has 0 amide bonds. The Morgan fingerprint density at radius 2 is 1.77 bits per heavy atom. The lowest BCUT2D eigenvalue weighted by Crippen LogP contribution is -2.79. The Hall–Kier alpha value is -2.13. The van der Waals surface area contributed by atoms with Gasteiger partial charge in [-0.25, -0.2) is 4.98 Å². The van der Waals surface area contributed by atoms with Crippen molar-refractivity contribution in [2.45, 2.75) is 44.2 Å². The first-order valence-electron chi connectivity index (χ1n) is 10.3. The lowest BCUT2D eigenvalue weighted by Gasteiger charge is -2.47. The highest BCUT2D eigenvalue weighted by atomic mass is 16.6. The minimum Gasteiger partial charge on any atom is -0.393 e. The number of nitrogen functional groups attached to an aromatic ring is 1. The van der Waals surface area contributed by atoms with Gasteiger partial charge in [0.05, 0.1) is 6.61 Å². The third kappa shape index (κ3) is 3.24. The molecule has 0 bridgehead atoms. The smallest absolute Gasteiger partial charge is 0.253 e. The molecule has 1 saturated heterocycles. The molecule has 3 rings (SSSR count). The molecule has 2 aromatic heterocycles. The topological polar surface area (TPSA) is 179 Å². The van der Waals surface area contributed by atoms with Crippen LogP contribution in [0, 0.1) is 0 Å². The lowest BCUT2D eigenvalue weighted by molar-refractivity contribution is -0.245. The Bertz CT molecular complexity index is 925. The quantitative estimate of drug-likeness (QED) is 0.208. The number of hydrogen-bond acceptors (Lipinski definition) is 12. The molecule has 0 aliphatic carbocycles. The number of fused-ring (bicyclic) bond motifs is 1. The fourth-order valence-corrected chi connectivity index (χ4v) is 4.12. The summed E-state index contributed by atoms with van der Waals surface area (Å²) in [6.07, 6.45) is 0.215. The van der Waals surface area contributed by atoms with E-state index < -0.39 is 30.0 Å². The zero-order chi connectivity index (χ0) is 23.0. The molecule has 3 heterocycles. The number of nitrogens with zero attached hydrogens (tertiary/aromatic N) is 5. The van der Waals surface area contributed by atoms with E-state index in [1.807, 2.05) is 6.92 Å². The van der Waals surface area contributed by atoms with Gasteiger partial charge in [0.2, 0.25) is 11.7 Å². The molecule has 1 aliphatic heterocycles. The number of aliphatic hydroxyl groups is 3. The number of aliphatic hydroxyl groups excluding tert-OH is 1. The SMILES string of the molecule is CCN[C@@]1(O)[C@@](O)(NCC)[C@@H](CO)O[C@@]1(NCC)n1cnc2c(N)nc(N(C)C)nc21. The molecule has 174 valence electrons. The van der Waals surface area contributed by atoms with Crippen molar-refractivity contribution in [3.8, 4) is 0 Å². The van der Waals surface area contributed by atoms with Crippen molar-refractivity contribution in [3.63, 3.8) is 0 Å². The highest BCUT2D eigenvalue weighted by Crippen LogP contribution is 2.46. The molecule has 4 atom stereocenters. The Kier molecular flexibility index (Phi) is 6.40. The standard InChI is InChI=1S/C18H33N9O4/c1-6-21-16(29)11(9-28)31-18(23-8-3,17(16,30)22-7-2)27-10-20-12-13(19)24-15(26(4)5)25-14(12)27/h10-11,21-23,28-30H,6-9H2,1-5H3,(H2,19,24,25)/t11-,16-,17-,18+/m1/s1. The fourth-order valence-electron chi connectivity index (χ4n) is 4.12. The van der Waals surface area contributed by atoms with Crippen LogP contribution in [0.15, 0.2) is 6.33 Å². The molecule has 13 nitrogen and oxygen atoms in total. The number of hydrogen-bond donors (Lipinski definition) is 7. The van der Waals surface area contributed by atoms with Crippen molar-refractivity contribution >= 4 is 22.9 Å². The van der Waals surface area contributed by atoms with Crippen LogP contribution in [0.4, 0.5) is 11.8 Å². The molecule has 0 unspecified atom stereocenters. The Morgan fingerprint density at radius 3 is 2.32 bits per heavy atom. The van der Waals surface area contributed by atoms with Crippen LogP contribution in [-0.4, -0.2) is 92.7 Å². The molecule has 0 aromatic carbocycles. The lowest BCUT2D eigenvalue weighted by atomic mass is 9.91. The molecular formula is C18H33N9O4. The maximum Gasteiger partial charge on any atom is 0.253 e. The summed E-state index contributed by atoms with van der Waals surface area (Å²) in [5.41, 5.74) is 2.49. The third-order valence-corrected chi connectivity index (χ3v) is 5.43. The van der Waals surface area contributed by atoms with Crippen LogP contribution in [0.25, 0.3) is 11.2 Å². The highest BCUT2D eigenvalue weighted by molar-refractivity contribution is 5.83. The Balaban J connectivity index is 2.35. The van der Waals surface area contributed by atoms with Crippen molar-refractivity contribution in [1.82, 2.24) is 35.5 Å². The number of aromatic nitrogens is 4. The largest absolute Gasteiger partial charge is 0.393 e. The number of nitrogens with one attached hydrogen (secondary N) is 3. The number of imidazole rings is 1. The van der Waals surface area contributed by atoms with Crippen molar-refractivity contribution in [2.75, 3.05) is 51.0 Å². The summed E-state index contributed by atoms with van der Waals surface area (Å²) in [5.74, 6) is -1.31. The van der Waals surface area contributed by atoms with Crippen LogP contribution in [-0.2, 0) is 10.6 Å². The van der Waals surface area contributed by atoms with Crippen molar-refractivity contribution in [1.29, 1.82) is 0 Å². The van der Waals surface area contributed by atoms with Gasteiger partial charge in [-0.1, -0.05) is 20.8 Å². The fraction of sp³-hybridized carbons (Fsp3) is 0.722. The van der Waals surface area contributed by atoms with E-state index >= 15 is 0 Å². The first kappa shape index (κ1) is 23.5. The van der Waals surface area contributed by atoms with Gasteiger partial charge in [-0.05, 0) is 19.6 Å². The molecule has 0 saturated carbocycles. The molecule has 31 heavy (non-hydrogen) atoms. The second-order valence-electron chi connectivity index (χ2n) is 7.59. The van der Waals surface area contributed by atoms with Crippen LogP contribution in [0.5, 0.6) is 0 Å². The van der Waals surface area contributed by atoms with Crippen LogP contribution in [0.2, 0.25) is 0 Å². The number of likely N-dealkylation sites (N-methyl/N-ethyl adjacent to an activating group) is 3. The Labute approximate surface area is 180 Å². The third-order valence-electron chi connectivity index (χ3n) is 5.43. The molecule has 0 radical (unpaired) electrons. The van der Waals surface area contributed by atoms with E-state index in [0.717, 1.165) is 0 Å². The zero-order valence-corrected chi connectivity index (χ0v) is 18.5. The minimum atomic E-state index is -2.15. The number of rotatable bonds is 9. The molecule has 1 fully saturated rings. The molecule has 2 aromatic rings. The van der Waals surface area contributed by atoms with E-state index in [9.17, 15) is 15.3 Å². The van der Waals surface area contributed by atoms with Crippen LogP contribution >= 0.6 is 0 Å². The monoisotopic (exact) mass is 439 g/mol. The second kappa shape index (κ2) is 8.43. The van der Waals surface area contributed by atoms with E-state index in [-0.39, 0.29) is 18.0 Å². The highest BCUT2D eigenvalue weighted by Gasteiger charge is 2.74. The van der Waals surface area contributed by atoms with Gasteiger partial charge in [0.15, 0.2) is 22.7 Å². The summed E-state index contributed by atoms with van der Waals surface area (Å²) >= 11 is 0. The summed E-state index contributed by atoms with van der Waals surface area (Å²) in [6, 6.07) is 0. The van der Waals surface area contributed by atoms with Gasteiger partial charge in [0, 0.05) is 14.1 Å². The van der Waals surface area contributed by atoms with Gasteiger partial charge < -0.3 is 30.7 Å². The van der Waals surface area contributed by atoms with E-state index in [0.29, 0.717) is 24.6 Å². The number of ether oxygens (including phenoxy) is 1. The van der Waals surface area contributed by atoms with E-state index in [1.54, 1.807) is 32.8 Å². The summed E-state index contributed by atoms with van der Waals surface area (Å²) in [4.78, 5) is 14.8. The summed E-state index contributed by atoms with van der Waals surface area (Å²) in [5, 5.41) is 42.6. The van der Waals surface area contributed by atoms with Crippen molar-refractivity contribution < 1.29 is 20.1 Å². The number of nitrogens with two attached hydrogens (primary N) is 1. The van der Waals surface area contributed by atoms with Gasteiger partial charge in [-0.2, -0.15) is 9.97 Å². The summed E-state index contributed by atoms with van der Waals surface area (Å²) < 4.78 is 7.66. The zero-order valence-electron chi connectivity index (χ0n) is 18.5. The minimum absolute atomic E-state index is 0.157. The first-order chi connectivity index (χ1) is 14.7. The van der Waals surface area contributed by atoms with E-state index in [4.69, 9.17) is 10.5 Å². The average molecular weight is 440 g/mol. The van der Waals surface area contributed by atoms with E-state index in [1.165, 1.54) is 10.9 Å². The molecule has 8 N–H and O–H groups in total. The van der Waals surface area contributed by atoms with Crippen LogP contribution < -0.4 is 26.6 Å². The van der Waals surface area contributed by atoms with Crippen molar-refractivity contribution in [2.24, 2.45) is 0 Å². The van der Waals surface area contributed by atoms with Crippen LogP contribution in [0.3, 0.4) is 0 Å². The maximum absolute atomic E-state index is 12.0. The summed E-state index contributed by atoms with van der Waals surface area (Å²) in [7, 11) is 3.54.